The summed E-state index contributed by atoms with van der Waals surface area (Å²) >= 11 is 0. The molecule has 0 heterocycles. The molecule has 448 valence electrons. The SMILES string of the molecule is COC(=O)[C@H]1CC[C@H]2[C@@H]3CC=C4C[C@@H](C(CCCCCOCCCCCC(OS(=O)(=O)c5ccc(C)cc5)[C@H]5CC[C@@]6(C)C(=CC[C@H]7[C@@H]8CC[C@H](C(=O)OC)[C@@]8(C)CC[C@@H]76)C5)OS(=O)(=O)c5ccc(C)cc5)CC[C@]4(C)[C@H]3CC[C@]12C. The number of rotatable bonds is 22. The number of ether oxygens (including phenoxy) is 3. The van der Waals surface area contributed by atoms with E-state index in [0.717, 1.165) is 152 Å². The fraction of sp³-hybridized carbons (Fsp3) is 0.735. The molecule has 6 fully saturated rings. The highest BCUT2D eigenvalue weighted by Gasteiger charge is 2.62. The van der Waals surface area contributed by atoms with E-state index in [0.29, 0.717) is 61.6 Å². The van der Waals surface area contributed by atoms with Crippen molar-refractivity contribution in [2.45, 2.75) is 218 Å². The molecule has 0 N–H and O–H groups in total. The second-order valence-electron chi connectivity index (χ2n) is 28.0. The Labute approximate surface area is 487 Å². The normalized spacial score (nSPS) is 36.0. The molecule has 10 rings (SSSR count). The Kier molecular flexibility index (Phi) is 18.4. The monoisotopic (exact) mass is 1150 g/mol. The smallest absolute Gasteiger partial charge is 0.309 e. The Balaban J connectivity index is 0.712. The minimum Gasteiger partial charge on any atom is -0.469 e. The van der Waals surface area contributed by atoms with Gasteiger partial charge in [0, 0.05) is 13.2 Å². The fourth-order valence-corrected chi connectivity index (χ4v) is 21.5. The number of allylic oxidation sites excluding steroid dienone is 4. The predicted octanol–water partition coefficient (Wildman–Crippen LogP) is 15.0. The fourth-order valence-electron chi connectivity index (χ4n) is 19.2. The van der Waals surface area contributed by atoms with Crippen LogP contribution in [0.1, 0.15) is 193 Å². The van der Waals surface area contributed by atoms with Crippen LogP contribution in [0.15, 0.2) is 81.6 Å². The minimum atomic E-state index is -3.97. The molecule has 6 saturated carbocycles. The van der Waals surface area contributed by atoms with Gasteiger partial charge in [-0.05, 0) is 236 Å². The third-order valence-corrected chi connectivity index (χ3v) is 26.7. The number of benzene rings is 2. The molecule has 11 nitrogen and oxygen atoms in total. The van der Waals surface area contributed by atoms with Gasteiger partial charge in [0.05, 0.1) is 48.1 Å². The van der Waals surface area contributed by atoms with Crippen LogP contribution in [0, 0.1) is 94.7 Å². The number of carbonyl (C=O) groups excluding carboxylic acids is 2. The highest BCUT2D eigenvalue weighted by Crippen LogP contribution is 2.69. The van der Waals surface area contributed by atoms with Gasteiger partial charge in [-0.25, -0.2) is 0 Å². The first-order valence-electron chi connectivity index (χ1n) is 31.8. The maximum Gasteiger partial charge on any atom is 0.309 e. The van der Waals surface area contributed by atoms with Gasteiger partial charge >= 0.3 is 11.9 Å². The average Bonchev–Trinajstić information content (AvgIpc) is 4.23. The van der Waals surface area contributed by atoms with E-state index in [1.54, 1.807) is 24.3 Å². The summed E-state index contributed by atoms with van der Waals surface area (Å²) in [6.45, 7) is 14.8. The second-order valence-corrected chi connectivity index (χ2v) is 31.2. The number of aryl methyl sites for hydroxylation is 2. The van der Waals surface area contributed by atoms with Crippen molar-refractivity contribution < 1.29 is 49.0 Å². The number of fused-ring (bicyclic) bond motifs is 10. The van der Waals surface area contributed by atoms with Gasteiger partial charge in [0.25, 0.3) is 20.2 Å². The molecule has 0 amide bonds. The standard InChI is InChI=1S/C68H98O11S2/c1-45-17-23-51(24-18-45)80(71,72)78-61(47-33-37-65(3)49(43-47)21-27-53-55-29-31-59(63(69)75-7)67(55,5)39-35-57(53)65)15-11-9-13-41-77-42-14-10-12-16-62(79-81(73,74)52-25-19-46(2)20-26-52)48-34-38-66(4)50(44-48)22-28-54-56-30-32-60(64(70)76-8)68(56,6)40-36-58(54)66/h17-26,47-48,53-62H,9-16,27-44H2,1-8H3/t47-,48-,53-,54-,55-,56-,57-,58-,59+,60+,61?,62?,65-,66-,67-,68-/m0/s1. The van der Waals surface area contributed by atoms with E-state index in [1.807, 2.05) is 38.1 Å². The molecule has 0 saturated heterocycles. The topological polar surface area (TPSA) is 149 Å². The first-order chi connectivity index (χ1) is 38.6. The van der Waals surface area contributed by atoms with Gasteiger partial charge in [-0.15, -0.1) is 0 Å². The first kappa shape index (κ1) is 60.8. The van der Waals surface area contributed by atoms with E-state index >= 15 is 0 Å². The lowest BCUT2D eigenvalue weighted by Crippen LogP contribution is -2.51. The van der Waals surface area contributed by atoms with E-state index < -0.39 is 32.4 Å². The highest BCUT2D eigenvalue weighted by molar-refractivity contribution is 7.87. The second kappa shape index (κ2) is 24.6. The molecular formula is C68H98O11S2. The van der Waals surface area contributed by atoms with Crippen molar-refractivity contribution in [3.05, 3.63) is 83.0 Å². The van der Waals surface area contributed by atoms with Crippen LogP contribution in [0.3, 0.4) is 0 Å². The van der Waals surface area contributed by atoms with Gasteiger partial charge in [0.15, 0.2) is 0 Å². The van der Waals surface area contributed by atoms with E-state index in [-0.39, 0.29) is 67.1 Å². The number of hydrogen-bond acceptors (Lipinski definition) is 11. The van der Waals surface area contributed by atoms with Crippen LogP contribution in [0.5, 0.6) is 0 Å². The number of hydrogen-bond donors (Lipinski definition) is 0. The van der Waals surface area contributed by atoms with Crippen LogP contribution in [0.4, 0.5) is 0 Å². The molecular weight excluding hydrogens is 1060 g/mol. The molecule has 13 heteroatoms. The molecule has 81 heavy (non-hydrogen) atoms. The summed E-state index contributed by atoms with van der Waals surface area (Å²) in [5.74, 6) is 3.40. The quantitative estimate of drug-likeness (QED) is 0.0480. The molecule has 8 aliphatic rings. The molecule has 0 aromatic heterocycles. The van der Waals surface area contributed by atoms with Crippen molar-refractivity contribution in [2.24, 2.45) is 80.8 Å². The summed E-state index contributed by atoms with van der Waals surface area (Å²) in [5.41, 5.74) is 5.11. The number of methoxy groups -OCH3 is 2. The lowest BCUT2D eigenvalue weighted by molar-refractivity contribution is -0.153. The van der Waals surface area contributed by atoms with Crippen molar-refractivity contribution in [3.8, 4) is 0 Å². The van der Waals surface area contributed by atoms with Crippen LogP contribution in [-0.2, 0) is 52.4 Å². The maximum absolute atomic E-state index is 13.9. The van der Waals surface area contributed by atoms with Crippen molar-refractivity contribution in [1.29, 1.82) is 0 Å². The number of unbranched alkanes of at least 4 members (excludes halogenated alkanes) is 4. The predicted molar refractivity (Wildman–Crippen MR) is 316 cm³/mol. The Morgan fingerprint density at radius 3 is 1.28 bits per heavy atom. The van der Waals surface area contributed by atoms with Crippen molar-refractivity contribution >= 4 is 32.2 Å². The summed E-state index contributed by atoms with van der Waals surface area (Å²) < 4.78 is 85.1. The van der Waals surface area contributed by atoms with E-state index in [9.17, 15) is 26.4 Å². The van der Waals surface area contributed by atoms with Gasteiger partial charge in [0.1, 0.15) is 0 Å². The van der Waals surface area contributed by atoms with Gasteiger partial charge in [-0.1, -0.05) is 112 Å². The lowest BCUT2D eigenvalue weighted by atomic mass is 9.47. The minimum absolute atomic E-state index is 0.00751. The summed E-state index contributed by atoms with van der Waals surface area (Å²) in [5, 5.41) is 0. The molecule has 2 aromatic carbocycles. The van der Waals surface area contributed by atoms with Gasteiger partial charge in [0.2, 0.25) is 0 Å². The Morgan fingerprint density at radius 1 is 0.506 bits per heavy atom. The highest BCUT2D eigenvalue weighted by atomic mass is 32.2. The van der Waals surface area contributed by atoms with Crippen LogP contribution in [0.2, 0.25) is 0 Å². The maximum atomic E-state index is 13.9. The van der Waals surface area contributed by atoms with E-state index in [1.165, 1.54) is 25.4 Å². The molecule has 8 aliphatic carbocycles. The van der Waals surface area contributed by atoms with Gasteiger partial charge < -0.3 is 14.2 Å². The molecule has 2 unspecified atom stereocenters. The van der Waals surface area contributed by atoms with Crippen LogP contribution in [-0.4, -0.2) is 68.4 Å². The number of carbonyl (C=O) groups is 2. The third-order valence-electron chi connectivity index (χ3n) is 24.0. The molecule has 0 radical (unpaired) electrons. The van der Waals surface area contributed by atoms with Crippen molar-refractivity contribution in [3.63, 3.8) is 0 Å². The zero-order valence-corrected chi connectivity index (χ0v) is 52.0. The summed E-state index contributed by atoms with van der Waals surface area (Å²) in [6.07, 6.45) is 26.8. The van der Waals surface area contributed by atoms with Crippen molar-refractivity contribution in [1.82, 2.24) is 0 Å². The summed E-state index contributed by atoms with van der Waals surface area (Å²) in [7, 11) is -4.88. The Hall–Kier alpha value is -3.36. The zero-order chi connectivity index (χ0) is 57.5. The zero-order valence-electron chi connectivity index (χ0n) is 50.4. The molecule has 0 bridgehead atoms. The summed E-state index contributed by atoms with van der Waals surface area (Å²) in [6, 6.07) is 14.0. The third kappa shape index (κ3) is 12.0. The average molecular weight is 1160 g/mol. The molecule has 0 spiro atoms. The molecule has 2 aromatic rings. The van der Waals surface area contributed by atoms with Crippen LogP contribution >= 0.6 is 0 Å². The van der Waals surface area contributed by atoms with Gasteiger partial charge in [-0.2, -0.15) is 16.8 Å². The first-order valence-corrected chi connectivity index (χ1v) is 34.6. The van der Waals surface area contributed by atoms with E-state index in [4.69, 9.17) is 22.6 Å². The van der Waals surface area contributed by atoms with Gasteiger partial charge in [-0.3, -0.25) is 18.0 Å². The van der Waals surface area contributed by atoms with Crippen molar-refractivity contribution in [2.75, 3.05) is 27.4 Å². The largest absolute Gasteiger partial charge is 0.469 e. The molecule has 16 atom stereocenters. The lowest BCUT2D eigenvalue weighted by Gasteiger charge is -2.58. The molecule has 0 aliphatic heterocycles. The Morgan fingerprint density at radius 2 is 0.901 bits per heavy atom. The van der Waals surface area contributed by atoms with Crippen LogP contribution < -0.4 is 0 Å². The summed E-state index contributed by atoms with van der Waals surface area (Å²) in [4.78, 5) is 26.2. The van der Waals surface area contributed by atoms with Crippen LogP contribution in [0.25, 0.3) is 0 Å². The van der Waals surface area contributed by atoms with E-state index in [2.05, 4.69) is 39.8 Å². The Bertz CT molecular complexity index is 2650. The number of esters is 2.